The molecule has 0 aromatic heterocycles. The minimum Gasteiger partial charge on any atom is -0.497 e. The zero-order valence-electron chi connectivity index (χ0n) is 15.1. The number of rotatable bonds is 4. The Labute approximate surface area is 150 Å². The molecule has 2 aromatic carbocycles. The lowest BCUT2D eigenvalue weighted by molar-refractivity contribution is 0.0760. The molecule has 0 N–H and O–H groups in total. The topological polar surface area (TPSA) is 32.8 Å². The Hall–Kier alpha value is -2.33. The zero-order valence-corrected chi connectivity index (χ0v) is 15.1. The van der Waals surface area contributed by atoms with Gasteiger partial charge in [-0.15, -0.1) is 0 Å². The molecule has 0 bridgehead atoms. The number of nitrogens with zero attached hydrogens (tertiary/aromatic N) is 2. The molecule has 2 aromatic rings. The molecular weight excluding hydrogens is 312 g/mol. The third-order valence-corrected chi connectivity index (χ3v) is 4.68. The molecule has 0 saturated carbocycles. The molecule has 0 radical (unpaired) electrons. The van der Waals surface area contributed by atoms with Crippen LogP contribution in [0.5, 0.6) is 5.75 Å². The number of hydrogen-bond donors (Lipinski definition) is 0. The van der Waals surface area contributed by atoms with Crippen molar-refractivity contribution in [3.63, 3.8) is 0 Å². The van der Waals surface area contributed by atoms with Crippen LogP contribution in [0.2, 0.25) is 0 Å². The second-order valence-electron chi connectivity index (χ2n) is 6.64. The van der Waals surface area contributed by atoms with E-state index in [-0.39, 0.29) is 5.91 Å². The van der Waals surface area contributed by atoms with Gasteiger partial charge in [0.05, 0.1) is 7.11 Å². The number of carbonyl (C=O) groups is 1. The van der Waals surface area contributed by atoms with E-state index >= 15 is 0 Å². The van der Waals surface area contributed by atoms with Gasteiger partial charge in [-0.3, -0.25) is 9.69 Å². The maximum Gasteiger partial charge on any atom is 0.254 e. The molecule has 1 aliphatic heterocycles. The summed E-state index contributed by atoms with van der Waals surface area (Å²) in [6.45, 7) is 6.57. The van der Waals surface area contributed by atoms with Crippen molar-refractivity contribution in [2.75, 3.05) is 33.3 Å². The molecule has 1 heterocycles. The number of benzene rings is 2. The van der Waals surface area contributed by atoms with Crippen molar-refractivity contribution in [2.24, 2.45) is 0 Å². The molecule has 1 amide bonds. The largest absolute Gasteiger partial charge is 0.497 e. The molecule has 0 spiro atoms. The second-order valence-corrected chi connectivity index (χ2v) is 6.64. The summed E-state index contributed by atoms with van der Waals surface area (Å²) in [7, 11) is 1.62. The van der Waals surface area contributed by atoms with Gasteiger partial charge in [0.1, 0.15) is 5.75 Å². The van der Waals surface area contributed by atoms with Crippen molar-refractivity contribution < 1.29 is 9.53 Å². The van der Waals surface area contributed by atoms with E-state index in [0.29, 0.717) is 5.56 Å². The van der Waals surface area contributed by atoms with Gasteiger partial charge in [-0.2, -0.15) is 0 Å². The number of hydrogen-bond acceptors (Lipinski definition) is 3. The van der Waals surface area contributed by atoms with Crippen molar-refractivity contribution in [3.8, 4) is 5.75 Å². The van der Waals surface area contributed by atoms with Gasteiger partial charge in [-0.05, 0) is 37.1 Å². The quantitative estimate of drug-likeness (QED) is 0.857. The maximum absolute atomic E-state index is 12.8. The predicted molar refractivity (Wildman–Crippen MR) is 100.0 cm³/mol. The first kappa shape index (κ1) is 17.5. The van der Waals surface area contributed by atoms with E-state index in [1.165, 1.54) is 11.1 Å². The molecule has 0 atom stereocenters. The Morgan fingerprint density at radius 3 is 2.68 bits per heavy atom. The van der Waals surface area contributed by atoms with Crippen molar-refractivity contribution >= 4 is 5.91 Å². The highest BCUT2D eigenvalue weighted by atomic mass is 16.5. The number of ether oxygens (including phenoxy) is 1. The summed E-state index contributed by atoms with van der Waals surface area (Å²) in [5.41, 5.74) is 3.33. The van der Waals surface area contributed by atoms with E-state index in [1.807, 2.05) is 29.2 Å². The smallest absolute Gasteiger partial charge is 0.254 e. The third-order valence-electron chi connectivity index (χ3n) is 4.68. The fourth-order valence-corrected chi connectivity index (χ4v) is 3.34. The first-order chi connectivity index (χ1) is 12.2. The lowest BCUT2D eigenvalue weighted by Crippen LogP contribution is -2.35. The van der Waals surface area contributed by atoms with Gasteiger partial charge in [-0.25, -0.2) is 0 Å². The van der Waals surface area contributed by atoms with Gasteiger partial charge in [0, 0.05) is 38.3 Å². The summed E-state index contributed by atoms with van der Waals surface area (Å²) >= 11 is 0. The summed E-state index contributed by atoms with van der Waals surface area (Å²) in [4.78, 5) is 17.2. The second kappa shape index (κ2) is 8.17. The van der Waals surface area contributed by atoms with Crippen LogP contribution in [0.25, 0.3) is 0 Å². The highest BCUT2D eigenvalue weighted by Gasteiger charge is 2.20. The van der Waals surface area contributed by atoms with E-state index in [9.17, 15) is 4.79 Å². The van der Waals surface area contributed by atoms with Crippen LogP contribution in [0.1, 0.15) is 27.9 Å². The summed E-state index contributed by atoms with van der Waals surface area (Å²) in [5.74, 6) is 0.818. The predicted octanol–water partition coefficient (Wildman–Crippen LogP) is 3.35. The van der Waals surface area contributed by atoms with Gasteiger partial charge in [-0.1, -0.05) is 35.9 Å². The first-order valence-corrected chi connectivity index (χ1v) is 8.87. The van der Waals surface area contributed by atoms with Gasteiger partial charge < -0.3 is 9.64 Å². The fraction of sp³-hybridized carbons (Fsp3) is 0.381. The lowest BCUT2D eigenvalue weighted by atomic mass is 10.1. The van der Waals surface area contributed by atoms with E-state index in [1.54, 1.807) is 7.11 Å². The molecule has 4 heteroatoms. The van der Waals surface area contributed by atoms with Crippen LogP contribution >= 0.6 is 0 Å². The van der Waals surface area contributed by atoms with Crippen LogP contribution in [-0.4, -0.2) is 49.0 Å². The highest BCUT2D eigenvalue weighted by molar-refractivity contribution is 5.94. The van der Waals surface area contributed by atoms with Gasteiger partial charge in [0.15, 0.2) is 0 Å². The monoisotopic (exact) mass is 338 g/mol. The fourth-order valence-electron chi connectivity index (χ4n) is 3.34. The van der Waals surface area contributed by atoms with Crippen LogP contribution in [0, 0.1) is 6.92 Å². The summed E-state index contributed by atoms with van der Waals surface area (Å²) in [6.07, 6.45) is 1.00. The van der Waals surface area contributed by atoms with E-state index < -0.39 is 0 Å². The van der Waals surface area contributed by atoms with Gasteiger partial charge >= 0.3 is 0 Å². The van der Waals surface area contributed by atoms with Crippen LogP contribution in [-0.2, 0) is 6.54 Å². The average molecular weight is 338 g/mol. The maximum atomic E-state index is 12.8. The summed E-state index contributed by atoms with van der Waals surface area (Å²) < 4.78 is 5.23. The number of aryl methyl sites for hydroxylation is 1. The Balaban J connectivity index is 1.61. The van der Waals surface area contributed by atoms with Crippen LogP contribution in [0.15, 0.2) is 48.5 Å². The van der Waals surface area contributed by atoms with Crippen molar-refractivity contribution in [1.29, 1.82) is 0 Å². The minimum absolute atomic E-state index is 0.0938. The van der Waals surface area contributed by atoms with Crippen molar-refractivity contribution in [1.82, 2.24) is 9.80 Å². The van der Waals surface area contributed by atoms with Gasteiger partial charge in [0.2, 0.25) is 0 Å². The summed E-state index contributed by atoms with van der Waals surface area (Å²) in [5, 5.41) is 0. The van der Waals surface area contributed by atoms with E-state index in [0.717, 1.165) is 44.9 Å². The molecule has 132 valence electrons. The number of methoxy groups -OCH3 is 1. The lowest BCUT2D eigenvalue weighted by Gasteiger charge is -2.22. The Morgan fingerprint density at radius 1 is 1.04 bits per heavy atom. The van der Waals surface area contributed by atoms with E-state index in [4.69, 9.17) is 4.74 Å². The SMILES string of the molecule is COc1cccc(C(=O)N2CCCN(Cc3cccc(C)c3)CC2)c1. The third kappa shape index (κ3) is 4.60. The van der Waals surface area contributed by atoms with Crippen molar-refractivity contribution in [3.05, 3.63) is 65.2 Å². The molecule has 25 heavy (non-hydrogen) atoms. The standard InChI is InChI=1S/C21H26N2O2/c1-17-6-3-7-18(14-17)16-22-10-5-11-23(13-12-22)21(24)19-8-4-9-20(15-19)25-2/h3-4,6-9,14-15H,5,10-13,16H2,1-2H3. The molecule has 3 rings (SSSR count). The highest BCUT2D eigenvalue weighted by Crippen LogP contribution is 2.16. The number of amides is 1. The Kier molecular flexibility index (Phi) is 5.71. The van der Waals surface area contributed by atoms with Gasteiger partial charge in [0.25, 0.3) is 5.91 Å². The Bertz CT molecular complexity index is 729. The van der Waals surface area contributed by atoms with Crippen LogP contribution in [0.3, 0.4) is 0 Å². The molecular formula is C21H26N2O2. The Morgan fingerprint density at radius 2 is 1.88 bits per heavy atom. The average Bonchev–Trinajstić information content (AvgIpc) is 2.87. The van der Waals surface area contributed by atoms with Crippen LogP contribution < -0.4 is 4.74 Å². The summed E-state index contributed by atoms with van der Waals surface area (Å²) in [6, 6.07) is 16.1. The molecule has 0 aliphatic carbocycles. The molecule has 4 nitrogen and oxygen atoms in total. The molecule has 1 saturated heterocycles. The van der Waals surface area contributed by atoms with E-state index in [2.05, 4.69) is 36.1 Å². The minimum atomic E-state index is 0.0938. The molecule has 0 unspecified atom stereocenters. The first-order valence-electron chi connectivity index (χ1n) is 8.87. The molecule has 1 aliphatic rings. The number of carbonyl (C=O) groups excluding carboxylic acids is 1. The normalized spacial score (nSPS) is 15.7. The van der Waals surface area contributed by atoms with Crippen molar-refractivity contribution in [2.45, 2.75) is 19.9 Å². The molecule has 1 fully saturated rings. The van der Waals surface area contributed by atoms with Crippen LogP contribution in [0.4, 0.5) is 0 Å². The zero-order chi connectivity index (χ0) is 17.6.